The van der Waals surface area contributed by atoms with Crippen molar-refractivity contribution in [3.63, 3.8) is 0 Å². The number of hydrogen-bond donors (Lipinski definition) is 1. The molecule has 0 saturated carbocycles. The molecule has 0 spiro atoms. The van der Waals surface area contributed by atoms with Crippen LogP contribution in [0.2, 0.25) is 0 Å². The average molecular weight is 314 g/mol. The second-order valence-corrected chi connectivity index (χ2v) is 6.82. The van der Waals surface area contributed by atoms with Gasteiger partial charge in [-0.2, -0.15) is 0 Å². The molecule has 1 aliphatic rings. The van der Waals surface area contributed by atoms with E-state index in [4.69, 9.17) is 15.2 Å². The third kappa shape index (κ3) is 2.81. The maximum atomic E-state index is 6.09. The molecule has 4 heteroatoms. The molecule has 18 heavy (non-hydrogen) atoms. The summed E-state index contributed by atoms with van der Waals surface area (Å²) in [6.45, 7) is 8.30. The molecular weight excluding hydrogens is 294 g/mol. The molecule has 1 atom stereocenters. The van der Waals surface area contributed by atoms with Gasteiger partial charge in [0.05, 0.1) is 10.1 Å². The minimum Gasteiger partial charge on any atom is -0.486 e. The summed E-state index contributed by atoms with van der Waals surface area (Å²) in [4.78, 5) is 0. The number of ether oxygens (including phenoxy) is 2. The molecule has 3 nitrogen and oxygen atoms in total. The van der Waals surface area contributed by atoms with E-state index >= 15 is 0 Å². The molecule has 2 N–H and O–H groups in total. The van der Waals surface area contributed by atoms with Crippen LogP contribution in [0.25, 0.3) is 0 Å². The molecular formula is C14H20BrNO2. The van der Waals surface area contributed by atoms with E-state index < -0.39 is 0 Å². The third-order valence-corrected chi connectivity index (χ3v) is 3.87. The fourth-order valence-electron chi connectivity index (χ4n) is 2.46. The van der Waals surface area contributed by atoms with Crippen molar-refractivity contribution < 1.29 is 9.47 Å². The predicted octanol–water partition coefficient (Wildman–Crippen LogP) is 3.76. The predicted molar refractivity (Wildman–Crippen MR) is 76.8 cm³/mol. The monoisotopic (exact) mass is 313 g/mol. The topological polar surface area (TPSA) is 44.5 Å². The van der Waals surface area contributed by atoms with Gasteiger partial charge in [0.25, 0.3) is 0 Å². The molecule has 1 heterocycles. The van der Waals surface area contributed by atoms with Crippen LogP contribution in [-0.4, -0.2) is 17.3 Å². The Bertz CT molecular complexity index is 457. The number of anilines is 1. The van der Waals surface area contributed by atoms with Crippen molar-refractivity contribution in [2.45, 2.75) is 51.4 Å². The van der Waals surface area contributed by atoms with E-state index in [2.05, 4.69) is 43.6 Å². The van der Waals surface area contributed by atoms with E-state index in [9.17, 15) is 0 Å². The zero-order valence-corrected chi connectivity index (χ0v) is 12.9. The van der Waals surface area contributed by atoms with Crippen molar-refractivity contribution in [3.8, 4) is 5.75 Å². The molecule has 1 unspecified atom stereocenters. The molecule has 0 bridgehead atoms. The number of hydrogen-bond acceptors (Lipinski definition) is 3. The molecule has 1 aliphatic heterocycles. The number of nitrogen functional groups attached to an aromatic ring is 1. The van der Waals surface area contributed by atoms with Crippen LogP contribution in [0.4, 0.5) is 5.69 Å². The largest absolute Gasteiger partial charge is 0.486 e. The molecule has 0 amide bonds. The Kier molecular flexibility index (Phi) is 3.36. The quantitative estimate of drug-likeness (QED) is 0.846. The van der Waals surface area contributed by atoms with Gasteiger partial charge in [0, 0.05) is 18.2 Å². The second-order valence-electron chi connectivity index (χ2n) is 5.97. The molecule has 100 valence electrons. The minimum absolute atomic E-state index is 0.0191. The minimum atomic E-state index is -0.298. The Morgan fingerprint density at radius 2 is 2.00 bits per heavy atom. The molecule has 1 fully saturated rings. The third-order valence-electron chi connectivity index (χ3n) is 3.22. The van der Waals surface area contributed by atoms with Crippen LogP contribution in [0.3, 0.4) is 0 Å². The lowest BCUT2D eigenvalue weighted by molar-refractivity contribution is -0.0846. The Hall–Kier alpha value is -0.740. The van der Waals surface area contributed by atoms with Gasteiger partial charge in [0.1, 0.15) is 17.5 Å². The maximum absolute atomic E-state index is 6.09. The summed E-state index contributed by atoms with van der Waals surface area (Å²) in [7, 11) is 0. The van der Waals surface area contributed by atoms with E-state index in [1.165, 1.54) is 0 Å². The highest BCUT2D eigenvalue weighted by molar-refractivity contribution is 9.10. The lowest BCUT2D eigenvalue weighted by Crippen LogP contribution is -2.36. The zero-order chi connectivity index (χ0) is 13.6. The van der Waals surface area contributed by atoms with Crippen molar-refractivity contribution in [2.24, 2.45) is 0 Å². The smallest absolute Gasteiger partial charge is 0.136 e. The highest BCUT2D eigenvalue weighted by Crippen LogP contribution is 2.41. The molecule has 1 aromatic rings. The summed E-state index contributed by atoms with van der Waals surface area (Å²) in [5.74, 6) is 0.773. The maximum Gasteiger partial charge on any atom is 0.136 e. The van der Waals surface area contributed by atoms with Crippen molar-refractivity contribution >= 4 is 21.6 Å². The van der Waals surface area contributed by atoms with Gasteiger partial charge in [-0.3, -0.25) is 0 Å². The van der Waals surface area contributed by atoms with Gasteiger partial charge in [0.15, 0.2) is 0 Å². The first-order valence-electron chi connectivity index (χ1n) is 6.11. The van der Waals surface area contributed by atoms with Gasteiger partial charge in [0.2, 0.25) is 0 Å². The van der Waals surface area contributed by atoms with Crippen molar-refractivity contribution in [1.82, 2.24) is 0 Å². The Labute approximate surface area is 117 Å². The van der Waals surface area contributed by atoms with Crippen molar-refractivity contribution in [2.75, 3.05) is 5.73 Å². The fraction of sp³-hybridized carbons (Fsp3) is 0.571. The lowest BCUT2D eigenvalue weighted by Gasteiger charge is -2.27. The van der Waals surface area contributed by atoms with E-state index in [0.717, 1.165) is 16.6 Å². The summed E-state index contributed by atoms with van der Waals surface area (Å²) < 4.78 is 13.0. The first-order chi connectivity index (χ1) is 8.20. The van der Waals surface area contributed by atoms with Gasteiger partial charge in [-0.15, -0.1) is 0 Å². The van der Waals surface area contributed by atoms with E-state index in [0.29, 0.717) is 5.69 Å². The molecule has 2 rings (SSSR count). The average Bonchev–Trinajstić information content (AvgIpc) is 2.40. The van der Waals surface area contributed by atoms with Crippen LogP contribution in [0, 0.1) is 0 Å². The van der Waals surface area contributed by atoms with Crippen LogP contribution < -0.4 is 10.5 Å². The normalized spacial score (nSPS) is 25.1. The molecule has 0 aliphatic carbocycles. The summed E-state index contributed by atoms with van der Waals surface area (Å²) in [5.41, 5.74) is 6.04. The highest BCUT2D eigenvalue weighted by Gasteiger charge is 2.47. The van der Waals surface area contributed by atoms with E-state index in [1.54, 1.807) is 0 Å². The van der Waals surface area contributed by atoms with Gasteiger partial charge in [-0.05, 0) is 55.8 Å². The van der Waals surface area contributed by atoms with E-state index in [1.807, 2.05) is 18.2 Å². The van der Waals surface area contributed by atoms with Gasteiger partial charge in [-0.25, -0.2) is 0 Å². The first kappa shape index (κ1) is 13.7. The standard InChI is InChI=1S/C14H20BrNO2/c1-13(2)8-12(14(3,4)18-13)17-11-7-9(16)5-6-10(11)15/h5-7,12H,8,16H2,1-4H3. The number of rotatable bonds is 2. The summed E-state index contributed by atoms with van der Waals surface area (Å²) in [6.07, 6.45) is 0.881. The molecule has 0 aromatic heterocycles. The first-order valence-corrected chi connectivity index (χ1v) is 6.91. The van der Waals surface area contributed by atoms with Crippen molar-refractivity contribution in [1.29, 1.82) is 0 Å². The van der Waals surface area contributed by atoms with Gasteiger partial charge in [-0.1, -0.05) is 0 Å². The zero-order valence-electron chi connectivity index (χ0n) is 11.3. The summed E-state index contributed by atoms with van der Waals surface area (Å²) >= 11 is 3.48. The SMILES string of the molecule is CC1(C)CC(Oc2cc(N)ccc2Br)C(C)(C)O1. The fourth-order valence-corrected chi connectivity index (χ4v) is 2.80. The number of benzene rings is 1. The molecule has 1 saturated heterocycles. The van der Waals surface area contributed by atoms with Crippen LogP contribution in [0.5, 0.6) is 5.75 Å². The van der Waals surface area contributed by atoms with Crippen LogP contribution in [-0.2, 0) is 4.74 Å². The molecule has 0 radical (unpaired) electrons. The summed E-state index contributed by atoms with van der Waals surface area (Å²) in [6, 6.07) is 5.58. The van der Waals surface area contributed by atoms with Gasteiger partial charge < -0.3 is 15.2 Å². The lowest BCUT2D eigenvalue weighted by atomic mass is 9.97. The van der Waals surface area contributed by atoms with Crippen LogP contribution >= 0.6 is 15.9 Å². The van der Waals surface area contributed by atoms with Crippen molar-refractivity contribution in [3.05, 3.63) is 22.7 Å². The number of nitrogens with two attached hydrogens (primary N) is 1. The Balaban J connectivity index is 2.21. The van der Waals surface area contributed by atoms with Gasteiger partial charge >= 0.3 is 0 Å². The summed E-state index contributed by atoms with van der Waals surface area (Å²) in [5, 5.41) is 0. The Morgan fingerprint density at radius 1 is 1.33 bits per heavy atom. The second kappa shape index (κ2) is 4.42. The molecule has 1 aromatic carbocycles. The Morgan fingerprint density at radius 3 is 2.56 bits per heavy atom. The van der Waals surface area contributed by atoms with Crippen LogP contribution in [0.1, 0.15) is 34.1 Å². The van der Waals surface area contributed by atoms with E-state index in [-0.39, 0.29) is 17.3 Å². The highest BCUT2D eigenvalue weighted by atomic mass is 79.9. The van der Waals surface area contributed by atoms with Crippen LogP contribution in [0.15, 0.2) is 22.7 Å². The number of halogens is 1.